The number of aliphatic hydroxyl groups excluding tert-OH is 3. The molecule has 0 unspecified atom stereocenters. The van der Waals surface area contributed by atoms with Gasteiger partial charge in [-0.05, 0) is 73.5 Å². The number of nitrogens with zero attached hydrogens (tertiary/aromatic N) is 1. The van der Waals surface area contributed by atoms with E-state index in [0.717, 1.165) is 35.3 Å². The van der Waals surface area contributed by atoms with Crippen LogP contribution in [-0.2, 0) is 16.2 Å². The van der Waals surface area contributed by atoms with Crippen LogP contribution in [0.25, 0.3) is 6.08 Å². The summed E-state index contributed by atoms with van der Waals surface area (Å²) in [7, 11) is -1.74. The minimum Gasteiger partial charge on any atom is -0.459 e. The number of fused-ring (bicyclic) bond motifs is 1. The second-order valence-electron chi connectivity index (χ2n) is 11.0. The van der Waals surface area contributed by atoms with E-state index in [0.29, 0.717) is 42.8 Å². The Balaban J connectivity index is 1.60. The zero-order valence-electron chi connectivity index (χ0n) is 23.7. The third-order valence-electron chi connectivity index (χ3n) is 8.21. The Morgan fingerprint density at radius 1 is 1.10 bits per heavy atom. The largest absolute Gasteiger partial charge is 0.488 e. The second-order valence-corrected chi connectivity index (χ2v) is 11.0. The minimum atomic E-state index is -1.74. The number of furan rings is 1. The molecule has 2 amide bonds. The van der Waals surface area contributed by atoms with Gasteiger partial charge in [0.1, 0.15) is 18.1 Å². The molecule has 1 saturated heterocycles. The van der Waals surface area contributed by atoms with Crippen molar-refractivity contribution in [3.63, 3.8) is 0 Å². The van der Waals surface area contributed by atoms with Gasteiger partial charge in [0.25, 0.3) is 0 Å². The van der Waals surface area contributed by atoms with Gasteiger partial charge in [-0.2, -0.15) is 0 Å². The van der Waals surface area contributed by atoms with Crippen LogP contribution >= 0.6 is 0 Å². The number of allylic oxidation sites excluding steroid dienone is 2. The van der Waals surface area contributed by atoms with E-state index in [1.165, 1.54) is 12.1 Å². The summed E-state index contributed by atoms with van der Waals surface area (Å²) in [5, 5.41) is 50.6. The first-order chi connectivity index (χ1) is 19.7. The quantitative estimate of drug-likeness (QED) is 0.141. The highest BCUT2D eigenvalue weighted by atomic mass is 16.4. The molecule has 2 heterocycles. The summed E-state index contributed by atoms with van der Waals surface area (Å²) >= 11 is 0. The van der Waals surface area contributed by atoms with Crippen LogP contribution in [0.5, 0.6) is 0 Å². The van der Waals surface area contributed by atoms with E-state index in [9.17, 15) is 35.0 Å². The fourth-order valence-electron chi connectivity index (χ4n) is 6.40. The molecule has 1 aromatic heterocycles. The Hall–Kier alpha value is -3.02. The molecular weight excluding hydrogens is 525 g/mol. The Morgan fingerprint density at radius 3 is 2.51 bits per heavy atom. The van der Waals surface area contributed by atoms with E-state index in [2.05, 4.69) is 6.92 Å². The molecule has 1 fully saturated rings. The van der Waals surface area contributed by atoms with Gasteiger partial charge in [0.15, 0.2) is 0 Å². The zero-order valence-corrected chi connectivity index (χ0v) is 23.7. The lowest BCUT2D eigenvalue weighted by Crippen LogP contribution is -2.39. The van der Waals surface area contributed by atoms with E-state index >= 15 is 0 Å². The summed E-state index contributed by atoms with van der Waals surface area (Å²) in [5.74, 6) is -1.88. The third kappa shape index (κ3) is 6.57. The fraction of sp³-hybridized carbons (Fsp3) is 0.484. The predicted octanol–water partition coefficient (Wildman–Crippen LogP) is 2.69. The van der Waals surface area contributed by atoms with Crippen LogP contribution in [-0.4, -0.2) is 57.0 Å². The van der Waals surface area contributed by atoms with Crippen LogP contribution in [0.1, 0.15) is 70.3 Å². The average Bonchev–Trinajstić information content (AvgIpc) is 3.52. The topological polar surface area (TPSA) is 152 Å². The maximum atomic E-state index is 13.7. The number of hydrogen-bond acceptors (Lipinski definition) is 8. The lowest BCUT2D eigenvalue weighted by Gasteiger charge is -2.36. The van der Waals surface area contributed by atoms with Gasteiger partial charge >= 0.3 is 7.12 Å². The molecule has 41 heavy (non-hydrogen) atoms. The summed E-state index contributed by atoms with van der Waals surface area (Å²) in [6.07, 6.45) is 5.48. The highest BCUT2D eigenvalue weighted by Gasteiger charge is 2.55. The second kappa shape index (κ2) is 13.8. The molecule has 1 aromatic carbocycles. The third-order valence-corrected chi connectivity index (χ3v) is 8.21. The van der Waals surface area contributed by atoms with E-state index in [4.69, 9.17) is 4.42 Å². The molecule has 0 spiro atoms. The van der Waals surface area contributed by atoms with Crippen molar-refractivity contribution in [3.8, 4) is 0 Å². The van der Waals surface area contributed by atoms with Gasteiger partial charge in [-0.15, -0.1) is 0 Å². The monoisotopic (exact) mass is 565 g/mol. The van der Waals surface area contributed by atoms with Crippen molar-refractivity contribution in [2.24, 2.45) is 17.8 Å². The molecule has 1 aliphatic heterocycles. The van der Waals surface area contributed by atoms with Crippen LogP contribution in [0, 0.1) is 17.8 Å². The van der Waals surface area contributed by atoms with Crippen molar-refractivity contribution < 1.29 is 39.4 Å². The average molecular weight is 565 g/mol. The van der Waals surface area contributed by atoms with Gasteiger partial charge in [-0.25, -0.2) is 0 Å². The SMILES string of the molecule is CCCC1=C([C@H](O)CC/C(=C/c2ccc(CO)o2)CCC)[C@H](CO)[C@@H]2C(=O)N(c3cccc(B(O)O)c3)C(=O)[C@@H]2C1. The van der Waals surface area contributed by atoms with Gasteiger partial charge in [0, 0.05) is 5.92 Å². The van der Waals surface area contributed by atoms with Crippen molar-refractivity contribution in [2.45, 2.75) is 71.5 Å². The number of benzene rings is 1. The first-order valence-electron chi connectivity index (χ1n) is 14.5. The van der Waals surface area contributed by atoms with Crippen molar-refractivity contribution in [3.05, 3.63) is 64.6 Å². The molecule has 4 rings (SSSR count). The van der Waals surface area contributed by atoms with Crippen molar-refractivity contribution in [2.75, 3.05) is 11.5 Å². The van der Waals surface area contributed by atoms with Crippen molar-refractivity contribution >= 4 is 36.2 Å². The molecule has 4 atom stereocenters. The van der Waals surface area contributed by atoms with E-state index < -0.39 is 36.9 Å². The zero-order chi connectivity index (χ0) is 29.7. The molecule has 9 nitrogen and oxygen atoms in total. The van der Waals surface area contributed by atoms with Gasteiger partial charge in [0.05, 0.1) is 30.2 Å². The summed E-state index contributed by atoms with van der Waals surface area (Å²) in [4.78, 5) is 28.4. The van der Waals surface area contributed by atoms with Gasteiger partial charge < -0.3 is 29.8 Å². The van der Waals surface area contributed by atoms with E-state index in [1.54, 1.807) is 24.3 Å². The lowest BCUT2D eigenvalue weighted by molar-refractivity contribution is -0.123. The Morgan fingerprint density at radius 2 is 1.88 bits per heavy atom. The van der Waals surface area contributed by atoms with Gasteiger partial charge in [-0.3, -0.25) is 14.5 Å². The maximum Gasteiger partial charge on any atom is 0.488 e. The molecule has 2 aliphatic rings. The summed E-state index contributed by atoms with van der Waals surface area (Å²) in [5.41, 5.74) is 3.08. The van der Waals surface area contributed by atoms with Crippen LogP contribution in [0.15, 0.2) is 57.5 Å². The van der Waals surface area contributed by atoms with Crippen molar-refractivity contribution in [1.82, 2.24) is 0 Å². The fourth-order valence-corrected chi connectivity index (χ4v) is 6.40. The molecule has 5 N–H and O–H groups in total. The minimum absolute atomic E-state index is 0.163. The van der Waals surface area contributed by atoms with E-state index in [1.807, 2.05) is 13.0 Å². The highest BCUT2D eigenvalue weighted by molar-refractivity contribution is 6.58. The smallest absolute Gasteiger partial charge is 0.459 e. The molecule has 0 bridgehead atoms. The highest BCUT2D eigenvalue weighted by Crippen LogP contribution is 2.48. The first-order valence-corrected chi connectivity index (χ1v) is 14.5. The predicted molar refractivity (Wildman–Crippen MR) is 156 cm³/mol. The van der Waals surface area contributed by atoms with Gasteiger partial charge in [0.2, 0.25) is 11.8 Å². The van der Waals surface area contributed by atoms with Gasteiger partial charge in [-0.1, -0.05) is 50.0 Å². The summed E-state index contributed by atoms with van der Waals surface area (Å²) in [6.45, 7) is 3.53. The molecular formula is C31H40BNO8. The first kappa shape index (κ1) is 30.9. The number of anilines is 1. The van der Waals surface area contributed by atoms with Crippen molar-refractivity contribution in [1.29, 1.82) is 0 Å². The van der Waals surface area contributed by atoms with Crippen LogP contribution in [0.4, 0.5) is 5.69 Å². The molecule has 2 aromatic rings. The molecule has 1 aliphatic carbocycles. The number of carbonyl (C=O) groups is 2. The Kier molecular flexibility index (Phi) is 10.4. The number of carbonyl (C=O) groups excluding carboxylic acids is 2. The Labute approximate surface area is 241 Å². The number of hydrogen-bond donors (Lipinski definition) is 5. The number of aliphatic hydroxyl groups is 3. The molecule has 0 radical (unpaired) electrons. The summed E-state index contributed by atoms with van der Waals surface area (Å²) in [6, 6.07) is 9.56. The molecule has 10 heteroatoms. The Bertz CT molecular complexity index is 1300. The number of rotatable bonds is 13. The maximum absolute atomic E-state index is 13.7. The molecule has 0 saturated carbocycles. The van der Waals surface area contributed by atoms with Crippen LogP contribution in [0.3, 0.4) is 0 Å². The van der Waals surface area contributed by atoms with Crippen LogP contribution in [0.2, 0.25) is 0 Å². The number of imide groups is 1. The standard InChI is InChI=1S/C31H40BNO8/c1-3-6-19(14-23-11-12-24(17-34)41-23)10-13-27(36)28-20(7-4-2)15-25-29(26(28)18-35)31(38)33(30(25)37)22-9-5-8-21(16-22)32(39)40/h5,8-9,11-12,14,16,25-27,29,34-36,39-40H,3-4,6-7,10,13,15,17-18H2,1-2H3/b19-14+/t25-,26+,27-,29-/m1/s1. The van der Waals surface area contributed by atoms with E-state index in [-0.39, 0.29) is 30.3 Å². The summed E-state index contributed by atoms with van der Waals surface area (Å²) < 4.78 is 5.62. The lowest BCUT2D eigenvalue weighted by atomic mass is 9.67. The molecule has 220 valence electrons. The normalized spacial score (nSPS) is 22.0. The number of amides is 2. The van der Waals surface area contributed by atoms with Crippen LogP contribution < -0.4 is 10.4 Å².